The number of nitrogens with zero attached hydrogens (tertiary/aromatic N) is 2. The van der Waals surface area contributed by atoms with E-state index in [2.05, 4.69) is 0 Å². The van der Waals surface area contributed by atoms with Crippen LogP contribution >= 0.6 is 0 Å². The topological polar surface area (TPSA) is 118 Å². The molecule has 0 aliphatic rings. The quantitative estimate of drug-likeness (QED) is 0.396. The van der Waals surface area contributed by atoms with Gasteiger partial charge in [0.2, 0.25) is 5.91 Å². The number of rotatable bonds is 14. The van der Waals surface area contributed by atoms with Gasteiger partial charge in [-0.15, -0.1) is 0 Å². The number of aliphatic hydroxyl groups is 2. The van der Waals surface area contributed by atoms with E-state index in [0.29, 0.717) is 25.8 Å². The molecule has 32 heavy (non-hydrogen) atoms. The van der Waals surface area contributed by atoms with E-state index >= 15 is 0 Å². The second-order valence-corrected chi connectivity index (χ2v) is 8.75. The highest BCUT2D eigenvalue weighted by molar-refractivity contribution is 5.93. The molecule has 0 bridgehead atoms. The van der Waals surface area contributed by atoms with Crippen LogP contribution in [-0.4, -0.2) is 81.2 Å². The molecule has 8 heteroatoms. The monoisotopic (exact) mass is 450 g/mol. The summed E-state index contributed by atoms with van der Waals surface area (Å²) < 4.78 is 0. The third-order valence-corrected chi connectivity index (χ3v) is 5.89. The van der Waals surface area contributed by atoms with Crippen molar-refractivity contribution in [2.75, 3.05) is 14.1 Å². The standard InChI is InChI=1S/C24H38N2O6/c1-16(10-9-11-17(2)27)22(20(28)14-21(29)24(31)32)26(5)23(30)18(3)25(4)15-19-12-7-6-8-13-19/h6-8,12-13,16-18,21-22,27,29H,9-11,14-15H2,1-5H3,(H,31,32)/t16-,17?,18-,21?,22-/m0/s1. The summed E-state index contributed by atoms with van der Waals surface area (Å²) >= 11 is 0. The summed E-state index contributed by atoms with van der Waals surface area (Å²) in [5.74, 6) is -2.47. The summed E-state index contributed by atoms with van der Waals surface area (Å²) in [5.41, 5.74) is 1.06. The highest BCUT2D eigenvalue weighted by Crippen LogP contribution is 2.22. The Morgan fingerprint density at radius 1 is 0.969 bits per heavy atom. The second-order valence-electron chi connectivity index (χ2n) is 8.75. The molecule has 0 fully saturated rings. The molecule has 1 rings (SSSR count). The molecular formula is C24H38N2O6. The number of benzene rings is 1. The van der Waals surface area contributed by atoms with Gasteiger partial charge in [0.05, 0.1) is 18.2 Å². The molecule has 1 aromatic carbocycles. The Balaban J connectivity index is 2.97. The minimum absolute atomic E-state index is 0.256. The zero-order valence-corrected chi connectivity index (χ0v) is 19.8. The Morgan fingerprint density at radius 2 is 1.56 bits per heavy atom. The lowest BCUT2D eigenvalue weighted by Gasteiger charge is -2.36. The Morgan fingerprint density at radius 3 is 2.09 bits per heavy atom. The van der Waals surface area contributed by atoms with Gasteiger partial charge in [-0.25, -0.2) is 4.79 Å². The van der Waals surface area contributed by atoms with Gasteiger partial charge in [0.1, 0.15) is 0 Å². The first-order valence-electron chi connectivity index (χ1n) is 11.1. The van der Waals surface area contributed by atoms with E-state index in [0.717, 1.165) is 5.56 Å². The number of carboxylic acid groups (broad SMARTS) is 1. The molecule has 2 unspecified atom stereocenters. The van der Waals surface area contributed by atoms with E-state index < -0.39 is 42.5 Å². The number of hydrogen-bond acceptors (Lipinski definition) is 6. The van der Waals surface area contributed by atoms with Gasteiger partial charge in [-0.2, -0.15) is 0 Å². The van der Waals surface area contributed by atoms with Crippen LogP contribution in [0.15, 0.2) is 30.3 Å². The van der Waals surface area contributed by atoms with E-state index in [4.69, 9.17) is 5.11 Å². The van der Waals surface area contributed by atoms with Gasteiger partial charge in [0, 0.05) is 20.0 Å². The maximum Gasteiger partial charge on any atom is 0.332 e. The van der Waals surface area contributed by atoms with E-state index in [1.54, 1.807) is 20.9 Å². The van der Waals surface area contributed by atoms with Crippen LogP contribution in [0.2, 0.25) is 0 Å². The predicted octanol–water partition coefficient (Wildman–Crippen LogP) is 1.93. The molecule has 0 spiro atoms. The second kappa shape index (κ2) is 13.3. The van der Waals surface area contributed by atoms with Crippen molar-refractivity contribution in [2.24, 2.45) is 5.92 Å². The lowest BCUT2D eigenvalue weighted by molar-refractivity contribution is -0.151. The molecule has 180 valence electrons. The Hall–Kier alpha value is -2.29. The van der Waals surface area contributed by atoms with Crippen LogP contribution in [0.3, 0.4) is 0 Å². The highest BCUT2D eigenvalue weighted by atomic mass is 16.4. The van der Waals surface area contributed by atoms with Gasteiger partial charge in [0.25, 0.3) is 0 Å². The van der Waals surface area contributed by atoms with E-state index in [9.17, 15) is 24.6 Å². The van der Waals surface area contributed by atoms with Crippen LogP contribution < -0.4 is 0 Å². The lowest BCUT2D eigenvalue weighted by atomic mass is 9.88. The third-order valence-electron chi connectivity index (χ3n) is 5.89. The lowest BCUT2D eigenvalue weighted by Crippen LogP contribution is -2.53. The van der Waals surface area contributed by atoms with Gasteiger partial charge >= 0.3 is 5.97 Å². The van der Waals surface area contributed by atoms with E-state index in [1.165, 1.54) is 4.90 Å². The number of aliphatic hydroxyl groups excluding tert-OH is 2. The summed E-state index contributed by atoms with van der Waals surface area (Å²) in [6.45, 7) is 5.85. The molecule has 0 aliphatic heterocycles. The third kappa shape index (κ3) is 8.68. The fraction of sp³-hybridized carbons (Fsp3) is 0.625. The van der Waals surface area contributed by atoms with Gasteiger partial charge in [-0.05, 0) is 45.2 Å². The SMILES string of the molecule is CC(O)CCC[C@H](C)[C@@H](C(=O)CC(O)C(=O)O)N(C)C(=O)[C@H](C)N(C)Cc1ccccc1. The van der Waals surface area contributed by atoms with Crippen molar-refractivity contribution in [3.63, 3.8) is 0 Å². The summed E-state index contributed by atoms with van der Waals surface area (Å²) in [5, 5.41) is 28.2. The summed E-state index contributed by atoms with van der Waals surface area (Å²) in [7, 11) is 3.39. The van der Waals surface area contributed by atoms with Crippen LogP contribution in [0.25, 0.3) is 0 Å². The predicted molar refractivity (Wildman–Crippen MR) is 122 cm³/mol. The van der Waals surface area contributed by atoms with Crippen molar-refractivity contribution in [3.8, 4) is 0 Å². The van der Waals surface area contributed by atoms with Crippen LogP contribution in [0.1, 0.15) is 52.0 Å². The average Bonchev–Trinajstić information content (AvgIpc) is 2.72. The fourth-order valence-corrected chi connectivity index (χ4v) is 3.84. The van der Waals surface area contributed by atoms with E-state index in [1.807, 2.05) is 49.2 Å². The molecule has 0 radical (unpaired) electrons. The van der Waals surface area contributed by atoms with Crippen LogP contribution in [0.4, 0.5) is 0 Å². The number of Topliss-reactive ketones (excluding diaryl/α,β-unsaturated/α-hetero) is 1. The minimum Gasteiger partial charge on any atom is -0.479 e. The summed E-state index contributed by atoms with van der Waals surface area (Å²) in [4.78, 5) is 40.5. The molecule has 0 aromatic heterocycles. The minimum atomic E-state index is -1.81. The first-order valence-corrected chi connectivity index (χ1v) is 11.1. The molecule has 0 saturated carbocycles. The zero-order valence-electron chi connectivity index (χ0n) is 19.8. The van der Waals surface area contributed by atoms with Crippen molar-refractivity contribution >= 4 is 17.7 Å². The number of likely N-dealkylation sites (N-methyl/N-ethyl adjacent to an activating group) is 2. The van der Waals surface area contributed by atoms with Gasteiger partial charge < -0.3 is 20.2 Å². The Labute approximate surface area is 190 Å². The van der Waals surface area contributed by atoms with Crippen molar-refractivity contribution in [1.29, 1.82) is 0 Å². The normalized spacial score (nSPS) is 16.1. The highest BCUT2D eigenvalue weighted by Gasteiger charge is 2.36. The molecule has 0 heterocycles. The number of carbonyl (C=O) groups excluding carboxylic acids is 2. The number of amides is 1. The molecule has 5 atom stereocenters. The molecule has 3 N–H and O–H groups in total. The molecule has 1 amide bonds. The Kier molecular flexibility index (Phi) is 11.5. The number of aliphatic carboxylic acids is 1. The maximum atomic E-state index is 13.2. The van der Waals surface area contributed by atoms with Gasteiger partial charge in [-0.3, -0.25) is 14.5 Å². The summed E-state index contributed by atoms with van der Waals surface area (Å²) in [6, 6.07) is 8.36. The van der Waals surface area contributed by atoms with Gasteiger partial charge in [-0.1, -0.05) is 43.7 Å². The maximum absolute atomic E-state index is 13.2. The number of hydrogen-bond donors (Lipinski definition) is 3. The number of carboxylic acids is 1. The molecule has 0 aliphatic carbocycles. The smallest absolute Gasteiger partial charge is 0.332 e. The molecule has 0 saturated heterocycles. The summed E-state index contributed by atoms with van der Waals surface area (Å²) in [6.07, 6.45) is -1.03. The van der Waals surface area contributed by atoms with Crippen LogP contribution in [0.5, 0.6) is 0 Å². The number of carbonyl (C=O) groups is 3. The van der Waals surface area contributed by atoms with Gasteiger partial charge in [0.15, 0.2) is 11.9 Å². The van der Waals surface area contributed by atoms with Crippen molar-refractivity contribution in [1.82, 2.24) is 9.80 Å². The fourth-order valence-electron chi connectivity index (χ4n) is 3.84. The molecular weight excluding hydrogens is 412 g/mol. The van der Waals surface area contributed by atoms with Crippen molar-refractivity contribution in [2.45, 2.75) is 77.3 Å². The molecule has 1 aromatic rings. The molecule has 8 nitrogen and oxygen atoms in total. The van der Waals surface area contributed by atoms with Crippen molar-refractivity contribution in [3.05, 3.63) is 35.9 Å². The largest absolute Gasteiger partial charge is 0.479 e. The van der Waals surface area contributed by atoms with Crippen LogP contribution in [-0.2, 0) is 20.9 Å². The van der Waals surface area contributed by atoms with E-state index in [-0.39, 0.29) is 11.8 Å². The first-order chi connectivity index (χ1) is 15.0. The van der Waals surface area contributed by atoms with Crippen molar-refractivity contribution < 1.29 is 29.7 Å². The average molecular weight is 451 g/mol. The van der Waals surface area contributed by atoms with Crippen LogP contribution in [0, 0.1) is 5.92 Å². The zero-order chi connectivity index (χ0) is 24.4. The Bertz CT molecular complexity index is 739. The number of ketones is 1. The first kappa shape index (κ1) is 27.7.